The number of alkyl halides is 6. The molecule has 4 aromatic carbocycles. The van der Waals surface area contributed by atoms with Crippen molar-refractivity contribution in [3.63, 3.8) is 0 Å². The van der Waals surface area contributed by atoms with Crippen LogP contribution >= 0.6 is 15.9 Å². The number of halogens is 9. The van der Waals surface area contributed by atoms with Crippen LogP contribution in [-0.2, 0) is 25.4 Å². The summed E-state index contributed by atoms with van der Waals surface area (Å²) in [6.45, 7) is -0.384. The number of rotatable bonds is 6. The van der Waals surface area contributed by atoms with Gasteiger partial charge in [0.15, 0.2) is 0 Å². The van der Waals surface area contributed by atoms with E-state index in [-0.39, 0.29) is 52.6 Å². The van der Waals surface area contributed by atoms with Crippen LogP contribution in [0.4, 0.5) is 35.1 Å². The Labute approximate surface area is 352 Å². The van der Waals surface area contributed by atoms with Gasteiger partial charge in [-0.3, -0.25) is 29.0 Å². The highest BCUT2D eigenvalue weighted by molar-refractivity contribution is 9.10. The largest absolute Gasteiger partial charge is 0.491 e. The Morgan fingerprint density at radius 2 is 0.903 bits per heavy atom. The zero-order valence-electron chi connectivity index (χ0n) is 31.0. The molecule has 0 atom stereocenters. The average Bonchev–Trinajstić information content (AvgIpc) is 3.63. The Hall–Kier alpha value is -6.78. The molecule has 2 aliphatic heterocycles. The maximum atomic E-state index is 14.3. The van der Waals surface area contributed by atoms with Crippen molar-refractivity contribution >= 4 is 52.1 Å². The number of amides is 4. The molecule has 2 N–H and O–H groups in total. The number of carbonyl (C=O) groups excluding carboxylic acids is 4. The van der Waals surface area contributed by atoms with E-state index in [1.165, 1.54) is 30.3 Å². The predicted molar refractivity (Wildman–Crippen MR) is 205 cm³/mol. The molecule has 8 rings (SSSR count). The van der Waals surface area contributed by atoms with Crippen LogP contribution in [0, 0.1) is 11.6 Å². The lowest BCUT2D eigenvalue weighted by Gasteiger charge is -2.15. The summed E-state index contributed by atoms with van der Waals surface area (Å²) >= 11 is 3.25. The van der Waals surface area contributed by atoms with E-state index < -0.39 is 54.6 Å². The number of hydrogen-bond donors (Lipinski definition) is 2. The fraction of sp³-hybridized carbons (Fsp3) is 0.100. The van der Waals surface area contributed by atoms with Crippen LogP contribution in [0.5, 0.6) is 0 Å². The molecule has 22 heteroatoms. The van der Waals surface area contributed by atoms with Crippen LogP contribution in [0.2, 0.25) is 0 Å². The molecule has 2 aliphatic rings. The van der Waals surface area contributed by atoms with Crippen molar-refractivity contribution in [1.82, 2.24) is 29.7 Å². The minimum Gasteiger partial charge on any atom is -0.423 e. The number of imide groups is 2. The van der Waals surface area contributed by atoms with Gasteiger partial charge in [0.05, 0.1) is 35.3 Å². The maximum absolute atomic E-state index is 14.3. The van der Waals surface area contributed by atoms with E-state index in [1.807, 2.05) is 0 Å². The molecule has 0 bridgehead atoms. The third-order valence-corrected chi connectivity index (χ3v) is 9.42. The maximum Gasteiger partial charge on any atom is 0.491 e. The molecule has 4 heterocycles. The molecule has 0 fully saturated rings. The molecule has 0 radical (unpaired) electrons. The number of nitrogens with zero attached hydrogens (tertiary/aromatic N) is 6. The van der Waals surface area contributed by atoms with Gasteiger partial charge >= 0.3 is 19.5 Å². The van der Waals surface area contributed by atoms with Crippen LogP contribution in [0.25, 0.3) is 11.1 Å². The van der Waals surface area contributed by atoms with Gasteiger partial charge in [-0.25, -0.2) is 28.7 Å². The van der Waals surface area contributed by atoms with Crippen molar-refractivity contribution < 1.29 is 64.3 Å². The van der Waals surface area contributed by atoms with E-state index in [2.05, 4.69) is 35.9 Å². The van der Waals surface area contributed by atoms with Gasteiger partial charge in [0, 0.05) is 51.4 Å². The molecule has 0 aliphatic carbocycles. The van der Waals surface area contributed by atoms with Crippen LogP contribution in [0.3, 0.4) is 0 Å². The molecule has 4 amide bonds. The Bertz CT molecular complexity index is 2620. The van der Waals surface area contributed by atoms with E-state index in [9.17, 15) is 54.3 Å². The zero-order chi connectivity index (χ0) is 45.1. The molecule has 316 valence electrons. The number of benzene rings is 4. The highest BCUT2D eigenvalue weighted by Crippen LogP contribution is 2.30. The van der Waals surface area contributed by atoms with E-state index in [0.29, 0.717) is 39.1 Å². The van der Waals surface area contributed by atoms with Crippen LogP contribution < -0.4 is 5.46 Å². The van der Waals surface area contributed by atoms with Crippen molar-refractivity contribution in [1.29, 1.82) is 0 Å². The molecular formula is C40H24BBrF8N6O6. The van der Waals surface area contributed by atoms with Gasteiger partial charge in [0.25, 0.3) is 23.6 Å². The molecule has 0 saturated carbocycles. The molecule has 0 spiro atoms. The summed E-state index contributed by atoms with van der Waals surface area (Å²) < 4.78 is 102. The quantitative estimate of drug-likeness (QED) is 0.105. The average molecular weight is 927 g/mol. The van der Waals surface area contributed by atoms with Crippen LogP contribution in [0.15, 0.2) is 114 Å². The van der Waals surface area contributed by atoms with E-state index >= 15 is 0 Å². The van der Waals surface area contributed by atoms with E-state index in [1.54, 1.807) is 48.5 Å². The Morgan fingerprint density at radius 1 is 0.532 bits per heavy atom. The smallest absolute Gasteiger partial charge is 0.423 e. The lowest BCUT2D eigenvalue weighted by molar-refractivity contribution is -0.145. The Balaban J connectivity index is 0.000000168. The summed E-state index contributed by atoms with van der Waals surface area (Å²) in [7, 11) is -1.86. The van der Waals surface area contributed by atoms with Gasteiger partial charge < -0.3 is 10.0 Å². The molecular weight excluding hydrogens is 903 g/mol. The molecule has 12 nitrogen and oxygen atoms in total. The Kier molecular flexibility index (Phi) is 13.0. The number of aromatic nitrogens is 4. The number of carbonyl (C=O) groups is 4. The molecule has 6 aromatic rings. The molecule has 62 heavy (non-hydrogen) atoms. The fourth-order valence-corrected chi connectivity index (χ4v) is 6.30. The van der Waals surface area contributed by atoms with Crippen molar-refractivity contribution in [2.24, 2.45) is 0 Å². The minimum atomic E-state index is -4.67. The molecule has 2 aromatic heterocycles. The van der Waals surface area contributed by atoms with Crippen molar-refractivity contribution in [2.75, 3.05) is 0 Å². The Morgan fingerprint density at radius 3 is 1.29 bits per heavy atom. The molecule has 0 unspecified atom stereocenters. The normalized spacial score (nSPS) is 13.3. The topological polar surface area (TPSA) is 167 Å². The minimum absolute atomic E-state index is 0.0388. The molecule has 0 saturated heterocycles. The summed E-state index contributed by atoms with van der Waals surface area (Å²) in [6, 6.07) is 21.2. The van der Waals surface area contributed by atoms with Gasteiger partial charge in [-0.05, 0) is 60.2 Å². The first-order chi connectivity index (χ1) is 29.2. The second-order valence-corrected chi connectivity index (χ2v) is 13.9. The summed E-state index contributed by atoms with van der Waals surface area (Å²) in [5.74, 6) is -5.52. The third kappa shape index (κ3) is 9.88. The van der Waals surface area contributed by atoms with Gasteiger partial charge in [-0.1, -0.05) is 46.3 Å². The number of fused-ring (bicyclic) bond motifs is 2. The van der Waals surface area contributed by atoms with Gasteiger partial charge in [0.2, 0.25) is 11.6 Å². The zero-order valence-corrected chi connectivity index (χ0v) is 32.6. The predicted octanol–water partition coefficient (Wildman–Crippen LogP) is 6.66. The van der Waals surface area contributed by atoms with Crippen molar-refractivity contribution in [3.8, 4) is 11.1 Å². The highest BCUT2D eigenvalue weighted by atomic mass is 79.9. The van der Waals surface area contributed by atoms with E-state index in [0.717, 1.165) is 28.3 Å². The second-order valence-electron chi connectivity index (χ2n) is 13.0. The summed E-state index contributed by atoms with van der Waals surface area (Å²) in [5.41, 5.74) is 1.96. The monoisotopic (exact) mass is 926 g/mol. The van der Waals surface area contributed by atoms with Gasteiger partial charge in [-0.15, -0.1) is 0 Å². The van der Waals surface area contributed by atoms with Crippen molar-refractivity contribution in [3.05, 3.63) is 171 Å². The lowest BCUT2D eigenvalue weighted by atomic mass is 9.83. The highest BCUT2D eigenvalue weighted by Gasteiger charge is 2.38. The van der Waals surface area contributed by atoms with Crippen molar-refractivity contribution in [2.45, 2.75) is 25.4 Å². The van der Waals surface area contributed by atoms with Crippen LogP contribution in [-0.4, -0.2) is 70.5 Å². The first kappa shape index (κ1) is 44.8. The second kappa shape index (κ2) is 18.1. The SMILES string of the molecule is O=C1c2ccccc2C(=O)N1Cc1cc(-c2cnc(C(F)(F)F)nc2)ccc1F.O=C1c2ccccc2C(=O)N1Cc1cc(Br)ccc1F.OB(O)c1cnc(C(F)(F)F)nc1. The standard InChI is InChI=1S/C20H11F4N3O2.C15H9BrFNO2.C5H4BF3N2O2/c21-16-6-5-11(13-8-25-19(26-9-13)20(22,23)24)7-12(16)10-27-17(28)14-3-1-2-4-15(14)18(27)29;16-10-5-6-13(17)9(7-10)8-18-14(19)11-3-1-2-4-12(11)15(18)20;7-5(8,9)4-10-1-3(2-11-4)6(12)13/h1-9H,10H2;1-7H,8H2;1-2,12-13H. The van der Waals surface area contributed by atoms with E-state index in [4.69, 9.17) is 10.0 Å². The third-order valence-electron chi connectivity index (χ3n) is 8.93. The lowest BCUT2D eigenvalue weighted by Crippen LogP contribution is -2.31. The summed E-state index contributed by atoms with van der Waals surface area (Å²) in [6.07, 6.45) is -5.90. The van der Waals surface area contributed by atoms with Gasteiger partial charge in [0.1, 0.15) is 11.6 Å². The number of hydrogen-bond acceptors (Lipinski definition) is 10. The summed E-state index contributed by atoms with van der Waals surface area (Å²) in [4.78, 5) is 63.7. The first-order valence-electron chi connectivity index (χ1n) is 17.5. The van der Waals surface area contributed by atoms with Crippen LogP contribution in [0.1, 0.15) is 64.2 Å². The fourth-order valence-electron chi connectivity index (χ4n) is 5.89. The van der Waals surface area contributed by atoms with Gasteiger partial charge in [-0.2, -0.15) is 26.3 Å². The first-order valence-corrected chi connectivity index (χ1v) is 18.3. The summed E-state index contributed by atoms with van der Waals surface area (Å²) in [5, 5.41) is 17.0.